The van der Waals surface area contributed by atoms with Crippen LogP contribution in [0.5, 0.6) is 0 Å². The number of urea groups is 1. The van der Waals surface area contributed by atoms with Crippen molar-refractivity contribution in [3.05, 3.63) is 0 Å². The summed E-state index contributed by atoms with van der Waals surface area (Å²) in [7, 11) is 0. The van der Waals surface area contributed by atoms with Gasteiger partial charge >= 0.3 is 6.03 Å². The lowest BCUT2D eigenvalue weighted by molar-refractivity contribution is -0.0674. The van der Waals surface area contributed by atoms with Crippen LogP contribution in [0.2, 0.25) is 0 Å². The highest BCUT2D eigenvalue weighted by atomic mass is 19.3. The predicted molar refractivity (Wildman–Crippen MR) is 77.0 cm³/mol. The number of carbonyl (C=O) groups is 1. The molecule has 2 aliphatic rings. The van der Waals surface area contributed by atoms with E-state index < -0.39 is 24.2 Å². The van der Waals surface area contributed by atoms with Gasteiger partial charge in [-0.25, -0.2) is 13.6 Å². The van der Waals surface area contributed by atoms with Crippen molar-refractivity contribution in [3.63, 3.8) is 0 Å². The van der Waals surface area contributed by atoms with E-state index in [1.54, 1.807) is 0 Å². The van der Waals surface area contributed by atoms with E-state index in [4.69, 9.17) is 4.74 Å². The van der Waals surface area contributed by atoms with Crippen molar-refractivity contribution in [1.29, 1.82) is 0 Å². The molecule has 128 valence electrons. The molecule has 0 unspecified atom stereocenters. The molecule has 0 bridgehead atoms. The number of carbonyl (C=O) groups excluding carboxylic acids is 1. The largest absolute Gasteiger partial charge is 0.388 e. The molecule has 0 radical (unpaired) electrons. The highest BCUT2D eigenvalue weighted by Gasteiger charge is 2.40. The number of hydrogen-bond donors (Lipinski definition) is 3. The number of alkyl halides is 2. The first kappa shape index (κ1) is 17.4. The fourth-order valence-electron chi connectivity index (χ4n) is 2.76. The molecule has 6 nitrogen and oxygen atoms in total. The van der Waals surface area contributed by atoms with Gasteiger partial charge in [-0.1, -0.05) is 0 Å². The van der Waals surface area contributed by atoms with Crippen LogP contribution in [0, 0.1) is 0 Å². The van der Waals surface area contributed by atoms with Crippen LogP contribution >= 0.6 is 0 Å². The summed E-state index contributed by atoms with van der Waals surface area (Å²) in [5.74, 6) is -2.58. The molecule has 2 saturated heterocycles. The number of aliphatic hydroxyl groups is 1. The van der Waals surface area contributed by atoms with Crippen molar-refractivity contribution in [2.75, 3.05) is 26.2 Å². The van der Waals surface area contributed by atoms with Crippen LogP contribution in [-0.2, 0) is 4.74 Å². The number of piperidine rings is 1. The highest BCUT2D eigenvalue weighted by molar-refractivity contribution is 5.74. The van der Waals surface area contributed by atoms with Crippen molar-refractivity contribution in [2.24, 2.45) is 0 Å². The minimum Gasteiger partial charge on any atom is -0.388 e. The zero-order valence-electron chi connectivity index (χ0n) is 13.0. The molecule has 0 aromatic carbocycles. The Morgan fingerprint density at radius 3 is 2.64 bits per heavy atom. The molecule has 3 atom stereocenters. The monoisotopic (exact) mass is 321 g/mol. The van der Waals surface area contributed by atoms with Crippen molar-refractivity contribution in [2.45, 2.75) is 56.9 Å². The molecule has 22 heavy (non-hydrogen) atoms. The number of likely N-dealkylation sites (tertiary alicyclic amines) is 1. The summed E-state index contributed by atoms with van der Waals surface area (Å²) in [6.45, 7) is 4.91. The van der Waals surface area contributed by atoms with Crippen molar-refractivity contribution >= 4 is 6.03 Å². The van der Waals surface area contributed by atoms with Gasteiger partial charge in [0, 0.05) is 38.5 Å². The zero-order chi connectivity index (χ0) is 16.3. The Bertz CT molecular complexity index is 386. The standard InChI is InChI=1S/C14H25F2N3O3/c1-9(2)17-13(21)18-10-8-22-11(12(10)20)7-19-5-3-14(15,16)4-6-19/h9-12,20H,3-8H2,1-2H3,(H2,17,18,21)/t10-,11-,12+/m0/s1. The summed E-state index contributed by atoms with van der Waals surface area (Å²) in [6.07, 6.45) is -1.61. The lowest BCUT2D eigenvalue weighted by Crippen LogP contribution is -2.51. The SMILES string of the molecule is CC(C)NC(=O)N[C@H]1CO[C@@H](CN2CCC(F)(F)CC2)[C@@H]1O. The first-order valence-electron chi connectivity index (χ1n) is 7.74. The van der Waals surface area contributed by atoms with Gasteiger partial charge in [0.2, 0.25) is 0 Å². The summed E-state index contributed by atoms with van der Waals surface area (Å²) < 4.78 is 31.7. The fraction of sp³-hybridized carbons (Fsp3) is 0.929. The fourth-order valence-corrected chi connectivity index (χ4v) is 2.76. The number of amides is 2. The Labute approximate surface area is 129 Å². The number of halogens is 2. The van der Waals surface area contributed by atoms with Gasteiger partial charge in [0.1, 0.15) is 6.10 Å². The Kier molecular flexibility index (Phi) is 5.57. The third kappa shape index (κ3) is 4.76. The average Bonchev–Trinajstić information content (AvgIpc) is 2.73. The third-order valence-corrected chi connectivity index (χ3v) is 4.05. The Morgan fingerprint density at radius 2 is 2.05 bits per heavy atom. The smallest absolute Gasteiger partial charge is 0.315 e. The van der Waals surface area contributed by atoms with Gasteiger partial charge in [0.05, 0.1) is 18.8 Å². The summed E-state index contributed by atoms with van der Waals surface area (Å²) in [5.41, 5.74) is 0. The lowest BCUT2D eigenvalue weighted by Gasteiger charge is -2.33. The maximum absolute atomic E-state index is 13.1. The summed E-state index contributed by atoms with van der Waals surface area (Å²) in [6, 6.07) is -0.818. The van der Waals surface area contributed by atoms with E-state index in [0.29, 0.717) is 19.6 Å². The van der Waals surface area contributed by atoms with Crippen LogP contribution < -0.4 is 10.6 Å². The van der Waals surface area contributed by atoms with Crippen LogP contribution in [0.4, 0.5) is 13.6 Å². The Balaban J connectivity index is 1.77. The molecular weight excluding hydrogens is 296 g/mol. The van der Waals surface area contributed by atoms with E-state index >= 15 is 0 Å². The second-order valence-corrected chi connectivity index (χ2v) is 6.40. The summed E-state index contributed by atoms with van der Waals surface area (Å²) >= 11 is 0. The first-order chi connectivity index (χ1) is 10.3. The average molecular weight is 321 g/mol. The van der Waals surface area contributed by atoms with Gasteiger partial charge in [-0.2, -0.15) is 0 Å². The predicted octanol–water partition coefficient (Wildman–Crippen LogP) is 0.553. The molecule has 8 heteroatoms. The molecule has 2 fully saturated rings. The van der Waals surface area contributed by atoms with Gasteiger partial charge in [0.15, 0.2) is 0 Å². The molecule has 2 heterocycles. The van der Waals surface area contributed by atoms with Crippen molar-refractivity contribution < 1.29 is 23.4 Å². The molecule has 0 aliphatic carbocycles. The number of ether oxygens (including phenoxy) is 1. The van der Waals surface area contributed by atoms with Crippen LogP contribution in [0.25, 0.3) is 0 Å². The number of hydrogen-bond acceptors (Lipinski definition) is 4. The topological polar surface area (TPSA) is 73.8 Å². The van der Waals surface area contributed by atoms with Crippen LogP contribution in [0.1, 0.15) is 26.7 Å². The molecule has 2 aliphatic heterocycles. The normalized spacial score (nSPS) is 32.2. The maximum Gasteiger partial charge on any atom is 0.315 e. The highest BCUT2D eigenvalue weighted by Crippen LogP contribution is 2.28. The Hall–Kier alpha value is -0.990. The van der Waals surface area contributed by atoms with Gasteiger partial charge in [-0.15, -0.1) is 0 Å². The van der Waals surface area contributed by atoms with E-state index in [1.165, 1.54) is 0 Å². The van der Waals surface area contributed by atoms with E-state index in [9.17, 15) is 18.7 Å². The number of nitrogens with one attached hydrogen (secondary N) is 2. The lowest BCUT2D eigenvalue weighted by atomic mass is 10.0. The maximum atomic E-state index is 13.1. The molecule has 2 rings (SSSR count). The van der Waals surface area contributed by atoms with E-state index in [-0.39, 0.29) is 31.5 Å². The molecule has 3 N–H and O–H groups in total. The second kappa shape index (κ2) is 7.06. The quantitative estimate of drug-likeness (QED) is 0.707. The summed E-state index contributed by atoms with van der Waals surface area (Å²) in [4.78, 5) is 13.5. The minimum absolute atomic E-state index is 0.00489. The minimum atomic E-state index is -2.58. The van der Waals surface area contributed by atoms with E-state index in [0.717, 1.165) is 0 Å². The van der Waals surface area contributed by atoms with Crippen LogP contribution in [-0.4, -0.2) is 72.5 Å². The van der Waals surface area contributed by atoms with E-state index in [1.807, 2.05) is 18.7 Å². The Morgan fingerprint density at radius 1 is 1.41 bits per heavy atom. The summed E-state index contributed by atoms with van der Waals surface area (Å²) in [5, 5.41) is 15.6. The second-order valence-electron chi connectivity index (χ2n) is 6.40. The molecular formula is C14H25F2N3O3. The van der Waals surface area contributed by atoms with Gasteiger partial charge < -0.3 is 25.4 Å². The molecule has 0 saturated carbocycles. The van der Waals surface area contributed by atoms with Crippen molar-refractivity contribution in [3.8, 4) is 0 Å². The van der Waals surface area contributed by atoms with Gasteiger partial charge in [-0.3, -0.25) is 0 Å². The van der Waals surface area contributed by atoms with E-state index in [2.05, 4.69) is 10.6 Å². The number of nitrogens with zero attached hydrogens (tertiary/aromatic N) is 1. The molecule has 0 spiro atoms. The molecule has 2 amide bonds. The molecule has 0 aromatic rings. The third-order valence-electron chi connectivity index (χ3n) is 4.05. The van der Waals surface area contributed by atoms with Crippen LogP contribution in [0.3, 0.4) is 0 Å². The van der Waals surface area contributed by atoms with Gasteiger partial charge in [0.25, 0.3) is 5.92 Å². The first-order valence-corrected chi connectivity index (χ1v) is 7.74. The van der Waals surface area contributed by atoms with Crippen LogP contribution in [0.15, 0.2) is 0 Å². The number of aliphatic hydroxyl groups excluding tert-OH is 1. The molecule has 0 aromatic heterocycles. The van der Waals surface area contributed by atoms with Gasteiger partial charge in [-0.05, 0) is 13.8 Å². The van der Waals surface area contributed by atoms with Crippen molar-refractivity contribution in [1.82, 2.24) is 15.5 Å². The zero-order valence-corrected chi connectivity index (χ0v) is 13.0. The number of rotatable bonds is 4.